The number of aliphatic carboxylic acids is 1. The third-order valence-corrected chi connectivity index (χ3v) is 4.73. The average molecular weight is 336 g/mol. The lowest BCUT2D eigenvalue weighted by Crippen LogP contribution is -2.35. The SMILES string of the molecule is O=C(O)CN(c1cccc([N+](=O)[O-])c1)S(=O)(=O)c1ccccc1. The van der Waals surface area contributed by atoms with E-state index < -0.39 is 27.5 Å². The van der Waals surface area contributed by atoms with E-state index in [-0.39, 0.29) is 16.3 Å². The molecule has 0 radical (unpaired) electrons. The molecule has 9 heteroatoms. The minimum Gasteiger partial charge on any atom is -0.480 e. The molecular formula is C14H12N2O6S. The lowest BCUT2D eigenvalue weighted by atomic mass is 10.3. The first-order valence-electron chi connectivity index (χ1n) is 6.36. The van der Waals surface area contributed by atoms with Gasteiger partial charge in [-0.05, 0) is 18.2 Å². The van der Waals surface area contributed by atoms with Crippen LogP contribution in [0.15, 0.2) is 59.5 Å². The summed E-state index contributed by atoms with van der Waals surface area (Å²) >= 11 is 0. The summed E-state index contributed by atoms with van der Waals surface area (Å²) in [7, 11) is -4.16. The van der Waals surface area contributed by atoms with Crippen molar-refractivity contribution in [3.63, 3.8) is 0 Å². The molecule has 2 aromatic rings. The topological polar surface area (TPSA) is 118 Å². The molecule has 0 aliphatic rings. The number of sulfonamides is 1. The molecule has 0 fully saturated rings. The predicted octanol–water partition coefficient (Wildman–Crippen LogP) is 1.87. The van der Waals surface area contributed by atoms with E-state index in [0.717, 1.165) is 6.07 Å². The Morgan fingerprint density at radius 2 is 1.78 bits per heavy atom. The van der Waals surface area contributed by atoms with Crippen LogP contribution >= 0.6 is 0 Å². The van der Waals surface area contributed by atoms with E-state index in [1.54, 1.807) is 6.07 Å². The smallest absolute Gasteiger partial charge is 0.324 e. The first-order chi connectivity index (χ1) is 10.8. The number of rotatable bonds is 6. The summed E-state index contributed by atoms with van der Waals surface area (Å²) in [6, 6.07) is 12.1. The highest BCUT2D eigenvalue weighted by Gasteiger charge is 2.27. The van der Waals surface area contributed by atoms with E-state index in [4.69, 9.17) is 5.11 Å². The highest BCUT2D eigenvalue weighted by atomic mass is 32.2. The number of benzene rings is 2. The van der Waals surface area contributed by atoms with E-state index >= 15 is 0 Å². The van der Waals surface area contributed by atoms with Gasteiger partial charge in [0.05, 0.1) is 15.5 Å². The normalized spacial score (nSPS) is 11.0. The molecule has 0 aliphatic heterocycles. The Bertz CT molecular complexity index is 835. The zero-order valence-electron chi connectivity index (χ0n) is 11.7. The molecule has 2 rings (SSSR count). The molecular weight excluding hydrogens is 324 g/mol. The van der Waals surface area contributed by atoms with Crippen LogP contribution in [0.25, 0.3) is 0 Å². The number of anilines is 1. The zero-order chi connectivity index (χ0) is 17.0. The van der Waals surface area contributed by atoms with Gasteiger partial charge in [-0.25, -0.2) is 8.42 Å². The van der Waals surface area contributed by atoms with Gasteiger partial charge in [0, 0.05) is 12.1 Å². The third kappa shape index (κ3) is 3.64. The molecule has 0 unspecified atom stereocenters. The van der Waals surface area contributed by atoms with Crippen molar-refractivity contribution in [3.8, 4) is 0 Å². The maximum atomic E-state index is 12.6. The van der Waals surface area contributed by atoms with E-state index in [2.05, 4.69) is 0 Å². The van der Waals surface area contributed by atoms with Gasteiger partial charge in [0.2, 0.25) is 0 Å². The Labute approximate surface area is 131 Å². The number of carbonyl (C=O) groups is 1. The van der Waals surface area contributed by atoms with E-state index in [1.165, 1.54) is 42.5 Å². The van der Waals surface area contributed by atoms with Crippen LogP contribution in [-0.2, 0) is 14.8 Å². The van der Waals surface area contributed by atoms with Crippen molar-refractivity contribution in [3.05, 3.63) is 64.7 Å². The number of carboxylic acid groups (broad SMARTS) is 1. The summed E-state index contributed by atoms with van der Waals surface area (Å²) in [5.41, 5.74) is -0.424. The monoisotopic (exact) mass is 336 g/mol. The molecule has 0 saturated heterocycles. The molecule has 23 heavy (non-hydrogen) atoms. The van der Waals surface area contributed by atoms with Gasteiger partial charge in [-0.15, -0.1) is 0 Å². The minimum atomic E-state index is -4.16. The largest absolute Gasteiger partial charge is 0.480 e. The number of nitrogens with zero attached hydrogens (tertiary/aromatic N) is 2. The van der Waals surface area contributed by atoms with Gasteiger partial charge in [0.25, 0.3) is 15.7 Å². The van der Waals surface area contributed by atoms with Crippen molar-refractivity contribution in [1.82, 2.24) is 0 Å². The van der Waals surface area contributed by atoms with E-state index in [9.17, 15) is 23.3 Å². The molecule has 0 aromatic heterocycles. The van der Waals surface area contributed by atoms with Crippen molar-refractivity contribution in [1.29, 1.82) is 0 Å². The standard InChI is InChI=1S/C14H12N2O6S/c17-14(18)10-15(11-5-4-6-12(9-11)16(19)20)23(21,22)13-7-2-1-3-8-13/h1-9H,10H2,(H,17,18). The number of hydrogen-bond acceptors (Lipinski definition) is 5. The highest BCUT2D eigenvalue weighted by Crippen LogP contribution is 2.26. The molecule has 0 amide bonds. The minimum absolute atomic E-state index is 0.0922. The van der Waals surface area contributed by atoms with Crippen molar-refractivity contribution in [2.75, 3.05) is 10.8 Å². The van der Waals surface area contributed by atoms with Gasteiger partial charge < -0.3 is 5.11 Å². The van der Waals surface area contributed by atoms with Crippen LogP contribution in [0.2, 0.25) is 0 Å². The molecule has 120 valence electrons. The molecule has 2 aromatic carbocycles. The van der Waals surface area contributed by atoms with Gasteiger partial charge in [-0.2, -0.15) is 0 Å². The fraction of sp³-hybridized carbons (Fsp3) is 0.0714. The molecule has 0 bridgehead atoms. The fourth-order valence-corrected chi connectivity index (χ4v) is 3.35. The van der Waals surface area contributed by atoms with Crippen LogP contribution in [0.4, 0.5) is 11.4 Å². The van der Waals surface area contributed by atoms with Crippen molar-refractivity contribution >= 4 is 27.4 Å². The number of nitro benzene ring substituents is 1. The van der Waals surface area contributed by atoms with Crippen molar-refractivity contribution in [2.24, 2.45) is 0 Å². The van der Waals surface area contributed by atoms with Gasteiger partial charge in [-0.3, -0.25) is 19.2 Å². The van der Waals surface area contributed by atoms with Crippen LogP contribution in [0.5, 0.6) is 0 Å². The van der Waals surface area contributed by atoms with Crippen LogP contribution in [0, 0.1) is 10.1 Å². The highest BCUT2D eigenvalue weighted by molar-refractivity contribution is 7.92. The third-order valence-electron chi connectivity index (χ3n) is 2.94. The van der Waals surface area contributed by atoms with Gasteiger partial charge >= 0.3 is 5.97 Å². The molecule has 8 nitrogen and oxygen atoms in total. The Balaban J connectivity index is 2.56. The Morgan fingerprint density at radius 3 is 2.35 bits per heavy atom. The van der Waals surface area contributed by atoms with Crippen molar-refractivity contribution in [2.45, 2.75) is 4.90 Å². The van der Waals surface area contributed by atoms with Crippen molar-refractivity contribution < 1.29 is 23.2 Å². The maximum Gasteiger partial charge on any atom is 0.324 e. The van der Waals surface area contributed by atoms with E-state index in [0.29, 0.717) is 4.31 Å². The molecule has 0 atom stereocenters. The van der Waals surface area contributed by atoms with Gasteiger partial charge in [-0.1, -0.05) is 24.3 Å². The van der Waals surface area contributed by atoms with Crippen LogP contribution in [0.3, 0.4) is 0 Å². The first kappa shape index (κ1) is 16.4. The summed E-state index contributed by atoms with van der Waals surface area (Å²) in [6.45, 7) is -0.849. The van der Waals surface area contributed by atoms with Gasteiger partial charge in [0.15, 0.2) is 0 Å². The molecule has 0 aliphatic carbocycles. The predicted molar refractivity (Wildman–Crippen MR) is 81.7 cm³/mol. The fourth-order valence-electron chi connectivity index (χ4n) is 1.92. The summed E-state index contributed by atoms with van der Waals surface area (Å²) in [5, 5.41) is 19.8. The Kier molecular flexibility index (Phi) is 4.60. The average Bonchev–Trinajstić information content (AvgIpc) is 2.53. The van der Waals surface area contributed by atoms with Crippen LogP contribution < -0.4 is 4.31 Å². The summed E-state index contributed by atoms with van der Waals surface area (Å²) in [4.78, 5) is 21.1. The number of carboxylic acids is 1. The molecule has 0 saturated carbocycles. The summed E-state index contributed by atoms with van der Waals surface area (Å²) in [5.74, 6) is -1.38. The molecule has 0 spiro atoms. The Hall–Kier alpha value is -2.94. The lowest BCUT2D eigenvalue weighted by molar-refractivity contribution is -0.384. The zero-order valence-corrected chi connectivity index (χ0v) is 12.5. The van der Waals surface area contributed by atoms with E-state index in [1.807, 2.05) is 0 Å². The van der Waals surface area contributed by atoms with Crippen LogP contribution in [0.1, 0.15) is 0 Å². The quantitative estimate of drug-likeness (QED) is 0.635. The Morgan fingerprint density at radius 1 is 1.13 bits per heavy atom. The van der Waals surface area contributed by atoms with Gasteiger partial charge in [0.1, 0.15) is 6.54 Å². The molecule has 0 heterocycles. The second kappa shape index (κ2) is 6.44. The molecule has 1 N–H and O–H groups in total. The summed E-state index contributed by atoms with van der Waals surface area (Å²) < 4.78 is 25.9. The second-order valence-corrected chi connectivity index (χ2v) is 6.36. The van der Waals surface area contributed by atoms with Crippen LogP contribution in [-0.4, -0.2) is 31.0 Å². The first-order valence-corrected chi connectivity index (χ1v) is 7.80. The number of nitro groups is 1. The summed E-state index contributed by atoms with van der Waals surface area (Å²) in [6.07, 6.45) is 0. The lowest BCUT2D eigenvalue weighted by Gasteiger charge is -2.22. The number of hydrogen-bond donors (Lipinski definition) is 1. The second-order valence-electron chi connectivity index (χ2n) is 4.50. The maximum absolute atomic E-state index is 12.6. The number of non-ortho nitro benzene ring substituents is 1.